The molecule has 2 aliphatic heterocycles. The van der Waals surface area contributed by atoms with Gasteiger partial charge in [0.2, 0.25) is 5.91 Å². The van der Waals surface area contributed by atoms with Gasteiger partial charge in [0.05, 0.1) is 12.0 Å². The van der Waals surface area contributed by atoms with Gasteiger partial charge >= 0.3 is 0 Å². The summed E-state index contributed by atoms with van der Waals surface area (Å²) in [4.78, 5) is 29.9. The molecule has 0 spiro atoms. The standard InChI is InChI=1S/C24H28FN3O2/c25-19-8-6-18(7-9-19)16-23(29)26-20-10-11-22(27-12-2-1-3-13-27)21(17-20)24(30)28-14-4-5-15-28/h6-11,17H,1-5,12-16H2,(H,26,29). The fourth-order valence-electron chi connectivity index (χ4n) is 4.28. The number of likely N-dealkylation sites (tertiary alicyclic amines) is 1. The van der Waals surface area contributed by atoms with Crippen LogP contribution in [0.2, 0.25) is 0 Å². The summed E-state index contributed by atoms with van der Waals surface area (Å²) in [5, 5.41) is 2.90. The van der Waals surface area contributed by atoms with E-state index in [-0.39, 0.29) is 24.1 Å². The van der Waals surface area contributed by atoms with Crippen LogP contribution in [0.1, 0.15) is 48.0 Å². The largest absolute Gasteiger partial charge is 0.371 e. The van der Waals surface area contributed by atoms with Crippen molar-refractivity contribution >= 4 is 23.2 Å². The lowest BCUT2D eigenvalue weighted by Crippen LogP contribution is -2.34. The second-order valence-electron chi connectivity index (χ2n) is 8.13. The van der Waals surface area contributed by atoms with Gasteiger partial charge in [-0.15, -0.1) is 0 Å². The van der Waals surface area contributed by atoms with Crippen molar-refractivity contribution in [3.63, 3.8) is 0 Å². The smallest absolute Gasteiger partial charge is 0.256 e. The molecule has 158 valence electrons. The third-order valence-corrected chi connectivity index (χ3v) is 5.88. The first-order chi connectivity index (χ1) is 14.6. The fraction of sp³-hybridized carbons (Fsp3) is 0.417. The molecule has 0 atom stereocenters. The van der Waals surface area contributed by atoms with Gasteiger partial charge in [0.1, 0.15) is 5.82 Å². The first-order valence-corrected chi connectivity index (χ1v) is 10.8. The molecule has 0 unspecified atom stereocenters. The maximum absolute atomic E-state index is 13.2. The molecular formula is C24H28FN3O2. The number of nitrogens with zero attached hydrogens (tertiary/aromatic N) is 2. The van der Waals surface area contributed by atoms with Crippen LogP contribution in [0.4, 0.5) is 15.8 Å². The molecule has 2 fully saturated rings. The van der Waals surface area contributed by atoms with Crippen LogP contribution < -0.4 is 10.2 Å². The highest BCUT2D eigenvalue weighted by Gasteiger charge is 2.25. The molecule has 1 N–H and O–H groups in total. The van der Waals surface area contributed by atoms with E-state index in [1.165, 1.54) is 18.6 Å². The Morgan fingerprint density at radius 1 is 0.867 bits per heavy atom. The maximum Gasteiger partial charge on any atom is 0.256 e. The van der Waals surface area contributed by atoms with Crippen molar-refractivity contribution < 1.29 is 14.0 Å². The number of benzene rings is 2. The van der Waals surface area contributed by atoms with Gasteiger partial charge in [-0.05, 0) is 68.0 Å². The Morgan fingerprint density at radius 3 is 2.23 bits per heavy atom. The molecule has 0 radical (unpaired) electrons. The van der Waals surface area contributed by atoms with Crippen LogP contribution >= 0.6 is 0 Å². The summed E-state index contributed by atoms with van der Waals surface area (Å²) in [6, 6.07) is 11.6. The van der Waals surface area contributed by atoms with Gasteiger partial charge in [-0.2, -0.15) is 0 Å². The van der Waals surface area contributed by atoms with Crippen LogP contribution in [-0.2, 0) is 11.2 Å². The van der Waals surface area contributed by atoms with Gasteiger partial charge in [0, 0.05) is 37.6 Å². The number of anilines is 2. The zero-order chi connectivity index (χ0) is 20.9. The van der Waals surface area contributed by atoms with Gasteiger partial charge in [-0.25, -0.2) is 4.39 Å². The summed E-state index contributed by atoms with van der Waals surface area (Å²) in [6.45, 7) is 3.49. The zero-order valence-corrected chi connectivity index (χ0v) is 17.2. The summed E-state index contributed by atoms with van der Waals surface area (Å²) in [5.74, 6) is -0.466. The molecule has 0 aliphatic carbocycles. The third kappa shape index (κ3) is 4.81. The zero-order valence-electron chi connectivity index (χ0n) is 17.2. The predicted molar refractivity (Wildman–Crippen MR) is 116 cm³/mol. The summed E-state index contributed by atoms with van der Waals surface area (Å²) in [7, 11) is 0. The van der Waals surface area contributed by atoms with E-state index < -0.39 is 0 Å². The molecule has 0 bridgehead atoms. The van der Waals surface area contributed by atoms with Gasteiger partial charge in [0.15, 0.2) is 0 Å². The molecule has 2 saturated heterocycles. The molecule has 2 aromatic carbocycles. The predicted octanol–water partition coefficient (Wildman–Crippen LogP) is 4.23. The van der Waals surface area contributed by atoms with E-state index in [1.807, 2.05) is 23.1 Å². The van der Waals surface area contributed by atoms with E-state index >= 15 is 0 Å². The summed E-state index contributed by atoms with van der Waals surface area (Å²) < 4.78 is 13.1. The molecule has 5 nitrogen and oxygen atoms in total. The highest BCUT2D eigenvalue weighted by Crippen LogP contribution is 2.29. The van der Waals surface area contributed by atoms with Crippen LogP contribution in [0.5, 0.6) is 0 Å². The van der Waals surface area contributed by atoms with Crippen molar-refractivity contribution in [1.82, 2.24) is 4.90 Å². The minimum atomic E-state index is -0.322. The van der Waals surface area contributed by atoms with E-state index in [0.29, 0.717) is 11.3 Å². The van der Waals surface area contributed by atoms with Crippen LogP contribution in [0.15, 0.2) is 42.5 Å². The lowest BCUT2D eigenvalue weighted by molar-refractivity contribution is -0.115. The van der Waals surface area contributed by atoms with E-state index in [0.717, 1.165) is 63.1 Å². The first-order valence-electron chi connectivity index (χ1n) is 10.8. The molecule has 6 heteroatoms. The highest BCUT2D eigenvalue weighted by atomic mass is 19.1. The minimum Gasteiger partial charge on any atom is -0.371 e. The molecule has 2 aliphatic rings. The molecule has 2 aromatic rings. The van der Waals surface area contributed by atoms with Crippen molar-refractivity contribution in [1.29, 1.82) is 0 Å². The number of carbonyl (C=O) groups excluding carboxylic acids is 2. The molecule has 2 heterocycles. The Kier molecular flexibility index (Phi) is 6.31. The molecular weight excluding hydrogens is 381 g/mol. The second-order valence-corrected chi connectivity index (χ2v) is 8.13. The van der Waals surface area contributed by atoms with Crippen molar-refractivity contribution in [3.05, 3.63) is 59.4 Å². The monoisotopic (exact) mass is 409 g/mol. The van der Waals surface area contributed by atoms with E-state index in [9.17, 15) is 14.0 Å². The molecule has 4 rings (SSSR count). The number of carbonyl (C=O) groups is 2. The average Bonchev–Trinajstić information content (AvgIpc) is 3.30. The van der Waals surface area contributed by atoms with Crippen LogP contribution in [0.25, 0.3) is 0 Å². The normalized spacial score (nSPS) is 16.6. The Bertz CT molecular complexity index is 901. The number of hydrogen-bond acceptors (Lipinski definition) is 3. The average molecular weight is 410 g/mol. The maximum atomic E-state index is 13.2. The Labute approximate surface area is 176 Å². The fourth-order valence-corrected chi connectivity index (χ4v) is 4.28. The Morgan fingerprint density at radius 2 is 1.53 bits per heavy atom. The summed E-state index contributed by atoms with van der Waals surface area (Å²) >= 11 is 0. The van der Waals surface area contributed by atoms with E-state index in [1.54, 1.807) is 12.1 Å². The van der Waals surface area contributed by atoms with Crippen LogP contribution in [0.3, 0.4) is 0 Å². The highest BCUT2D eigenvalue weighted by molar-refractivity contribution is 6.02. The number of hydrogen-bond donors (Lipinski definition) is 1. The van der Waals surface area contributed by atoms with Crippen molar-refractivity contribution in [3.8, 4) is 0 Å². The van der Waals surface area contributed by atoms with Crippen molar-refractivity contribution in [2.45, 2.75) is 38.5 Å². The summed E-state index contributed by atoms with van der Waals surface area (Å²) in [5.41, 5.74) is 2.99. The number of piperidine rings is 1. The SMILES string of the molecule is O=C(Cc1ccc(F)cc1)Nc1ccc(N2CCCCC2)c(C(=O)N2CCCC2)c1. The molecule has 0 aromatic heterocycles. The number of nitrogens with one attached hydrogen (secondary N) is 1. The summed E-state index contributed by atoms with van der Waals surface area (Å²) in [6.07, 6.45) is 5.73. The Balaban J connectivity index is 1.54. The topological polar surface area (TPSA) is 52.7 Å². The third-order valence-electron chi connectivity index (χ3n) is 5.88. The number of halogens is 1. The van der Waals surface area contributed by atoms with Gasteiger partial charge in [0.25, 0.3) is 5.91 Å². The van der Waals surface area contributed by atoms with Gasteiger partial charge in [-0.3, -0.25) is 9.59 Å². The molecule has 2 amide bonds. The lowest BCUT2D eigenvalue weighted by Gasteiger charge is -2.31. The van der Waals surface area contributed by atoms with E-state index in [4.69, 9.17) is 0 Å². The van der Waals surface area contributed by atoms with Gasteiger partial charge < -0.3 is 15.1 Å². The first kappa shape index (κ1) is 20.4. The van der Waals surface area contributed by atoms with E-state index in [2.05, 4.69) is 10.2 Å². The molecule has 30 heavy (non-hydrogen) atoms. The minimum absolute atomic E-state index is 0.0442. The number of rotatable bonds is 5. The van der Waals surface area contributed by atoms with Crippen LogP contribution in [0, 0.1) is 5.82 Å². The molecule has 0 saturated carbocycles. The Hall–Kier alpha value is -2.89. The second kappa shape index (κ2) is 9.28. The lowest BCUT2D eigenvalue weighted by atomic mass is 10.0. The quantitative estimate of drug-likeness (QED) is 0.804. The van der Waals surface area contributed by atoms with Crippen LogP contribution in [-0.4, -0.2) is 42.9 Å². The van der Waals surface area contributed by atoms with Crippen molar-refractivity contribution in [2.24, 2.45) is 0 Å². The van der Waals surface area contributed by atoms with Crippen molar-refractivity contribution in [2.75, 3.05) is 36.4 Å². The van der Waals surface area contributed by atoms with Gasteiger partial charge in [-0.1, -0.05) is 12.1 Å². The number of amides is 2.